The molecule has 1 saturated carbocycles. The minimum Gasteiger partial charge on any atom is -0.338 e. The van der Waals surface area contributed by atoms with Crippen molar-refractivity contribution in [3.05, 3.63) is 88.5 Å². The van der Waals surface area contributed by atoms with Crippen LogP contribution in [0.3, 0.4) is 0 Å². The van der Waals surface area contributed by atoms with Crippen LogP contribution in [-0.4, -0.2) is 69.2 Å². The van der Waals surface area contributed by atoms with Crippen molar-refractivity contribution >= 4 is 17.5 Å². The lowest BCUT2D eigenvalue weighted by molar-refractivity contribution is -0.139. The monoisotopic (exact) mass is 636 g/mol. The Morgan fingerprint density at radius 2 is 1.89 bits per heavy atom. The Kier molecular flexibility index (Phi) is 7.15. The molecule has 242 valence electrons. The minimum atomic E-state index is -4.63. The third-order valence-corrected chi connectivity index (χ3v) is 10.4. The number of rotatable bonds is 7. The highest BCUT2D eigenvalue weighted by Gasteiger charge is 2.50. The van der Waals surface area contributed by atoms with Crippen LogP contribution < -0.4 is 4.90 Å². The van der Waals surface area contributed by atoms with Crippen LogP contribution in [0, 0.1) is 11.3 Å². The number of alkyl halides is 4. The highest BCUT2D eigenvalue weighted by atomic mass is 19.4. The quantitative estimate of drug-likeness (QED) is 0.261. The first-order valence-electron chi connectivity index (χ1n) is 15.6. The smallest absolute Gasteiger partial charge is 0.338 e. The molecule has 12 heteroatoms. The highest BCUT2D eigenvalue weighted by molar-refractivity contribution is 6.10. The van der Waals surface area contributed by atoms with E-state index in [4.69, 9.17) is 0 Å². The number of halogens is 4. The van der Waals surface area contributed by atoms with Crippen LogP contribution in [-0.2, 0) is 36.5 Å². The second-order valence-electron chi connectivity index (χ2n) is 13.8. The summed E-state index contributed by atoms with van der Waals surface area (Å²) < 4.78 is 58.2. The number of amides is 2. The normalized spacial score (nSPS) is 23.9. The first kappa shape index (κ1) is 30.6. The lowest BCUT2D eigenvalue weighted by Crippen LogP contribution is -2.59. The second kappa shape index (κ2) is 10.8. The van der Waals surface area contributed by atoms with Crippen molar-refractivity contribution in [2.45, 2.75) is 50.9 Å². The van der Waals surface area contributed by atoms with Crippen molar-refractivity contribution in [2.24, 2.45) is 18.4 Å². The molecule has 0 bridgehead atoms. The third-order valence-electron chi connectivity index (χ3n) is 10.4. The number of nitrogens with zero attached hydrogens (tertiary/aromatic N) is 6. The molecule has 0 unspecified atom stereocenters. The number of carbonyl (C=O) groups is 2. The van der Waals surface area contributed by atoms with Gasteiger partial charge >= 0.3 is 6.18 Å². The molecule has 4 heterocycles. The zero-order valence-electron chi connectivity index (χ0n) is 25.9. The lowest BCUT2D eigenvalue weighted by Gasteiger charge is -2.48. The first-order chi connectivity index (χ1) is 21.8. The number of carbonyl (C=O) groups excluding carboxylic acids is 2. The van der Waals surface area contributed by atoms with Crippen LogP contribution in [0.15, 0.2) is 54.9 Å². The van der Waals surface area contributed by atoms with E-state index in [2.05, 4.69) is 28.6 Å². The molecule has 8 nitrogen and oxygen atoms in total. The molecule has 0 radical (unpaired) electrons. The molecule has 1 spiro atoms. The van der Waals surface area contributed by atoms with E-state index < -0.39 is 24.3 Å². The predicted molar refractivity (Wildman–Crippen MR) is 163 cm³/mol. The van der Waals surface area contributed by atoms with Gasteiger partial charge in [-0.15, -0.1) is 10.2 Å². The van der Waals surface area contributed by atoms with Gasteiger partial charge in [0.2, 0.25) is 0 Å². The number of anilines is 1. The number of aryl methyl sites for hydroxylation is 1. The third kappa shape index (κ3) is 4.92. The fraction of sp³-hybridized carbons (Fsp3) is 0.471. The van der Waals surface area contributed by atoms with E-state index in [1.165, 1.54) is 11.0 Å². The Balaban J connectivity index is 1.13. The van der Waals surface area contributed by atoms with Gasteiger partial charge in [-0.1, -0.05) is 25.6 Å². The van der Waals surface area contributed by atoms with Gasteiger partial charge in [-0.05, 0) is 72.7 Å². The van der Waals surface area contributed by atoms with E-state index in [-0.39, 0.29) is 46.5 Å². The second-order valence-corrected chi connectivity index (χ2v) is 13.8. The maximum Gasteiger partial charge on any atom is 0.416 e. The highest BCUT2D eigenvalue weighted by Crippen LogP contribution is 2.52. The average Bonchev–Trinajstić information content (AvgIpc) is 3.70. The number of hydrogen-bond acceptors (Lipinski definition) is 5. The summed E-state index contributed by atoms with van der Waals surface area (Å²) in [4.78, 5) is 31.2. The van der Waals surface area contributed by atoms with E-state index in [0.717, 1.165) is 30.7 Å². The average molecular weight is 637 g/mol. The molecule has 7 rings (SSSR count). The van der Waals surface area contributed by atoms with Crippen molar-refractivity contribution in [3.63, 3.8) is 0 Å². The zero-order valence-corrected chi connectivity index (χ0v) is 25.9. The molecule has 2 aromatic carbocycles. The van der Waals surface area contributed by atoms with Gasteiger partial charge in [0.1, 0.15) is 18.8 Å². The summed E-state index contributed by atoms with van der Waals surface area (Å²) >= 11 is 0. The van der Waals surface area contributed by atoms with Crippen LogP contribution in [0.4, 0.5) is 23.2 Å². The fourth-order valence-electron chi connectivity index (χ4n) is 8.25. The van der Waals surface area contributed by atoms with Crippen molar-refractivity contribution in [1.82, 2.24) is 24.6 Å². The summed E-state index contributed by atoms with van der Waals surface area (Å²) in [5.41, 5.74) is 0.622. The molecule has 3 aliphatic heterocycles. The summed E-state index contributed by atoms with van der Waals surface area (Å²) in [6.45, 7) is 7.07. The van der Waals surface area contributed by atoms with Gasteiger partial charge in [-0.3, -0.25) is 14.5 Å². The number of likely N-dealkylation sites (tertiary alicyclic amines) is 2. The van der Waals surface area contributed by atoms with E-state index in [9.17, 15) is 27.2 Å². The molecule has 4 aliphatic rings. The maximum absolute atomic E-state index is 14.5. The molecule has 2 saturated heterocycles. The maximum atomic E-state index is 14.5. The molecule has 46 heavy (non-hydrogen) atoms. The molecule has 0 N–H and O–H groups in total. The summed E-state index contributed by atoms with van der Waals surface area (Å²) in [6, 6.07) is 10.3. The van der Waals surface area contributed by atoms with Gasteiger partial charge in [-0.2, -0.15) is 13.2 Å². The summed E-state index contributed by atoms with van der Waals surface area (Å²) in [5.74, 6) is 0.467. The Labute approximate surface area is 264 Å². The van der Waals surface area contributed by atoms with E-state index >= 15 is 0 Å². The molecular weight excluding hydrogens is 600 g/mol. The summed E-state index contributed by atoms with van der Waals surface area (Å²) in [7, 11) is 1.90. The summed E-state index contributed by atoms with van der Waals surface area (Å²) in [6.07, 6.45) is -0.463. The Morgan fingerprint density at radius 1 is 1.13 bits per heavy atom. The molecule has 2 amide bonds. The molecule has 0 atom stereocenters. The van der Waals surface area contributed by atoms with E-state index in [1.54, 1.807) is 23.4 Å². The van der Waals surface area contributed by atoms with Crippen LogP contribution in [0.5, 0.6) is 0 Å². The molecule has 3 aromatic rings. The molecule has 3 fully saturated rings. The lowest BCUT2D eigenvalue weighted by atomic mass is 9.58. The van der Waals surface area contributed by atoms with Gasteiger partial charge in [0.05, 0.1) is 17.5 Å². The topological polar surface area (TPSA) is 74.6 Å². The molecular formula is C34H36F4N6O2. The number of benzene rings is 2. The SMILES string of the molecule is C=C(CF)C(=O)N1CC2(CCN(Cc3cc4c(c(C(F)(F)F)c3)CN(c3cccc(C5(c6nncn6C)CC(C)C5)c3)C4=O)C2)C1. The Morgan fingerprint density at radius 3 is 2.54 bits per heavy atom. The van der Waals surface area contributed by atoms with Crippen LogP contribution in [0.2, 0.25) is 0 Å². The van der Waals surface area contributed by atoms with Crippen molar-refractivity contribution in [3.8, 4) is 0 Å². The van der Waals surface area contributed by atoms with Crippen LogP contribution in [0.1, 0.15) is 64.6 Å². The van der Waals surface area contributed by atoms with Gasteiger partial charge < -0.3 is 14.4 Å². The van der Waals surface area contributed by atoms with Crippen LogP contribution in [0.25, 0.3) is 0 Å². The minimum absolute atomic E-state index is 0.00827. The van der Waals surface area contributed by atoms with E-state index in [1.807, 2.05) is 29.8 Å². The Bertz CT molecular complexity index is 1740. The van der Waals surface area contributed by atoms with Gasteiger partial charge in [-0.25, -0.2) is 4.39 Å². The van der Waals surface area contributed by atoms with Crippen molar-refractivity contribution in [2.75, 3.05) is 37.8 Å². The number of hydrogen-bond donors (Lipinski definition) is 0. The van der Waals surface area contributed by atoms with Crippen LogP contribution >= 0.6 is 0 Å². The first-order valence-corrected chi connectivity index (χ1v) is 15.6. The van der Waals surface area contributed by atoms with Crippen molar-refractivity contribution < 1.29 is 27.2 Å². The number of fused-ring (bicyclic) bond motifs is 1. The number of aromatic nitrogens is 3. The van der Waals surface area contributed by atoms with E-state index in [0.29, 0.717) is 43.3 Å². The predicted octanol–water partition coefficient (Wildman–Crippen LogP) is 5.27. The fourth-order valence-corrected chi connectivity index (χ4v) is 8.25. The Hall–Kier alpha value is -4.06. The van der Waals surface area contributed by atoms with Gasteiger partial charge in [0.25, 0.3) is 11.8 Å². The molecule has 1 aliphatic carbocycles. The summed E-state index contributed by atoms with van der Waals surface area (Å²) in [5, 5.41) is 8.47. The van der Waals surface area contributed by atoms with Gasteiger partial charge in [0, 0.05) is 55.5 Å². The standard InChI is InChI=1S/C34H36F4N6O2/c1-21-12-33(13-21,31-40-39-20-41(31)3)24-5-4-6-25(11-24)44-16-27-26(30(44)46)9-23(10-28(27)34(36,37)38)15-42-8-7-32(17-42)18-43(19-32)29(45)22(2)14-35/h4-6,9-11,20-21H,2,7-8,12-19H2,1,3H3. The van der Waals surface area contributed by atoms with Gasteiger partial charge in [0.15, 0.2) is 0 Å². The zero-order chi connectivity index (χ0) is 32.6. The largest absolute Gasteiger partial charge is 0.416 e. The van der Waals surface area contributed by atoms with Crippen molar-refractivity contribution in [1.29, 1.82) is 0 Å². The molecule has 1 aromatic heterocycles.